The molecule has 1 amide bonds. The molecule has 2 N–H and O–H groups in total. The third-order valence-electron chi connectivity index (χ3n) is 2.28. The molecular formula is C11H14N4OS. The first-order valence-corrected chi connectivity index (χ1v) is 6.22. The Morgan fingerprint density at radius 3 is 2.88 bits per heavy atom. The van der Waals surface area contributed by atoms with Gasteiger partial charge in [-0.2, -0.15) is 5.10 Å². The van der Waals surface area contributed by atoms with Gasteiger partial charge in [-0.1, -0.05) is 13.8 Å². The molecule has 0 aliphatic heterocycles. The van der Waals surface area contributed by atoms with Crippen LogP contribution in [0, 0.1) is 0 Å². The number of hydrogen-bond acceptors (Lipinski definition) is 4. The van der Waals surface area contributed by atoms with E-state index in [-0.39, 0.29) is 5.69 Å². The van der Waals surface area contributed by atoms with Crippen molar-refractivity contribution in [3.05, 3.63) is 34.0 Å². The van der Waals surface area contributed by atoms with E-state index in [1.165, 1.54) is 0 Å². The fraction of sp³-hybridized carbons (Fsp3) is 0.364. The number of carbonyl (C=O) groups excluding carboxylic acids is 1. The number of nitrogens with zero attached hydrogens (tertiary/aromatic N) is 3. The maximum absolute atomic E-state index is 10.9. The summed E-state index contributed by atoms with van der Waals surface area (Å²) in [7, 11) is 0. The minimum absolute atomic E-state index is 0.282. The van der Waals surface area contributed by atoms with Crippen LogP contribution >= 0.6 is 11.3 Å². The molecule has 2 rings (SSSR count). The fourth-order valence-electron chi connectivity index (χ4n) is 1.41. The van der Waals surface area contributed by atoms with E-state index in [1.54, 1.807) is 28.3 Å². The van der Waals surface area contributed by atoms with Gasteiger partial charge < -0.3 is 5.73 Å². The standard InChI is InChI=1S/C11H14N4OS/c1-7(2)11-13-8(6-17-11)5-15-4-3-9(14-15)10(12)16/h3-4,6-7H,5H2,1-2H3,(H2,12,16). The van der Waals surface area contributed by atoms with E-state index >= 15 is 0 Å². The molecule has 2 aromatic heterocycles. The van der Waals surface area contributed by atoms with Gasteiger partial charge in [-0.05, 0) is 6.07 Å². The van der Waals surface area contributed by atoms with Gasteiger partial charge in [-0.15, -0.1) is 11.3 Å². The van der Waals surface area contributed by atoms with Crippen molar-refractivity contribution in [2.75, 3.05) is 0 Å². The Labute approximate surface area is 103 Å². The van der Waals surface area contributed by atoms with Crippen LogP contribution in [-0.2, 0) is 6.54 Å². The molecule has 0 saturated heterocycles. The second-order valence-corrected chi connectivity index (χ2v) is 4.98. The molecule has 90 valence electrons. The van der Waals surface area contributed by atoms with Crippen molar-refractivity contribution in [1.82, 2.24) is 14.8 Å². The Morgan fingerprint density at radius 1 is 1.59 bits per heavy atom. The first-order chi connectivity index (χ1) is 8.06. The van der Waals surface area contributed by atoms with Gasteiger partial charge in [0, 0.05) is 17.5 Å². The van der Waals surface area contributed by atoms with Crippen LogP contribution in [0.2, 0.25) is 0 Å². The van der Waals surface area contributed by atoms with Crippen molar-refractivity contribution < 1.29 is 4.79 Å². The molecule has 2 aromatic rings. The van der Waals surface area contributed by atoms with Crippen LogP contribution in [0.4, 0.5) is 0 Å². The summed E-state index contributed by atoms with van der Waals surface area (Å²) in [6.07, 6.45) is 1.73. The van der Waals surface area contributed by atoms with Crippen molar-refractivity contribution in [3.63, 3.8) is 0 Å². The van der Waals surface area contributed by atoms with Gasteiger partial charge in [0.15, 0.2) is 0 Å². The molecule has 0 aromatic carbocycles. The molecule has 0 saturated carbocycles. The van der Waals surface area contributed by atoms with Crippen LogP contribution in [0.1, 0.15) is 41.0 Å². The molecule has 0 atom stereocenters. The minimum atomic E-state index is -0.509. The van der Waals surface area contributed by atoms with Gasteiger partial charge in [0.1, 0.15) is 5.69 Å². The number of thiazole rings is 1. The lowest BCUT2D eigenvalue weighted by atomic mass is 10.2. The van der Waals surface area contributed by atoms with E-state index in [0.717, 1.165) is 10.7 Å². The van der Waals surface area contributed by atoms with E-state index in [0.29, 0.717) is 12.5 Å². The summed E-state index contributed by atoms with van der Waals surface area (Å²) < 4.78 is 1.67. The van der Waals surface area contributed by atoms with Crippen molar-refractivity contribution in [1.29, 1.82) is 0 Å². The Kier molecular flexibility index (Phi) is 3.23. The van der Waals surface area contributed by atoms with E-state index in [4.69, 9.17) is 5.73 Å². The monoisotopic (exact) mass is 250 g/mol. The summed E-state index contributed by atoms with van der Waals surface area (Å²) in [4.78, 5) is 15.4. The minimum Gasteiger partial charge on any atom is -0.364 e. The Morgan fingerprint density at radius 2 is 2.35 bits per heavy atom. The molecule has 0 radical (unpaired) electrons. The third-order valence-corrected chi connectivity index (χ3v) is 3.47. The first kappa shape index (κ1) is 11.8. The van der Waals surface area contributed by atoms with Crippen LogP contribution < -0.4 is 5.73 Å². The molecule has 6 heteroatoms. The molecule has 0 bridgehead atoms. The van der Waals surface area contributed by atoms with Crippen LogP contribution in [-0.4, -0.2) is 20.7 Å². The number of rotatable bonds is 4. The number of aromatic nitrogens is 3. The summed E-state index contributed by atoms with van der Waals surface area (Å²) in [5.41, 5.74) is 6.37. The second kappa shape index (κ2) is 4.67. The smallest absolute Gasteiger partial charge is 0.269 e. The van der Waals surface area contributed by atoms with Crippen molar-refractivity contribution >= 4 is 17.2 Å². The van der Waals surface area contributed by atoms with Crippen LogP contribution in [0.3, 0.4) is 0 Å². The van der Waals surface area contributed by atoms with Gasteiger partial charge in [0.05, 0.1) is 17.2 Å². The molecule has 0 spiro atoms. The van der Waals surface area contributed by atoms with E-state index in [1.807, 2.05) is 5.38 Å². The van der Waals surface area contributed by atoms with Crippen LogP contribution in [0.25, 0.3) is 0 Å². The zero-order valence-electron chi connectivity index (χ0n) is 9.75. The van der Waals surface area contributed by atoms with Crippen molar-refractivity contribution in [3.8, 4) is 0 Å². The Bertz CT molecular complexity index is 529. The average Bonchev–Trinajstić information content (AvgIpc) is 2.87. The highest BCUT2D eigenvalue weighted by Gasteiger charge is 2.08. The topological polar surface area (TPSA) is 73.8 Å². The highest BCUT2D eigenvalue weighted by Crippen LogP contribution is 2.19. The molecule has 0 aliphatic carbocycles. The van der Waals surface area contributed by atoms with Gasteiger partial charge in [0.2, 0.25) is 0 Å². The quantitative estimate of drug-likeness (QED) is 0.895. The largest absolute Gasteiger partial charge is 0.364 e. The van der Waals surface area contributed by atoms with Crippen LogP contribution in [0.15, 0.2) is 17.6 Å². The highest BCUT2D eigenvalue weighted by molar-refractivity contribution is 7.09. The molecule has 17 heavy (non-hydrogen) atoms. The molecular weight excluding hydrogens is 236 g/mol. The predicted molar refractivity (Wildman–Crippen MR) is 66.0 cm³/mol. The average molecular weight is 250 g/mol. The molecule has 0 unspecified atom stereocenters. The number of carbonyl (C=O) groups is 1. The second-order valence-electron chi connectivity index (χ2n) is 4.09. The Balaban J connectivity index is 2.11. The maximum atomic E-state index is 10.9. The maximum Gasteiger partial charge on any atom is 0.269 e. The third kappa shape index (κ3) is 2.71. The van der Waals surface area contributed by atoms with Crippen LogP contribution in [0.5, 0.6) is 0 Å². The van der Waals surface area contributed by atoms with Gasteiger partial charge in [-0.3, -0.25) is 9.48 Å². The number of nitrogens with two attached hydrogens (primary N) is 1. The highest BCUT2D eigenvalue weighted by atomic mass is 32.1. The zero-order valence-corrected chi connectivity index (χ0v) is 10.6. The van der Waals surface area contributed by atoms with Crippen molar-refractivity contribution in [2.24, 2.45) is 5.73 Å². The molecule has 0 aliphatic rings. The fourth-order valence-corrected chi connectivity index (χ4v) is 2.23. The summed E-state index contributed by atoms with van der Waals surface area (Å²) in [6.45, 7) is 4.79. The lowest BCUT2D eigenvalue weighted by molar-refractivity contribution is 0.0995. The Hall–Kier alpha value is -1.69. The lowest BCUT2D eigenvalue weighted by Crippen LogP contribution is -2.12. The molecule has 2 heterocycles. The number of hydrogen-bond donors (Lipinski definition) is 1. The summed E-state index contributed by atoms with van der Waals surface area (Å²) in [5.74, 6) is -0.0718. The summed E-state index contributed by atoms with van der Waals surface area (Å²) >= 11 is 1.65. The normalized spacial score (nSPS) is 11.0. The number of primary amides is 1. The van der Waals surface area contributed by atoms with Gasteiger partial charge in [-0.25, -0.2) is 4.98 Å². The van der Waals surface area contributed by atoms with E-state index in [9.17, 15) is 4.79 Å². The van der Waals surface area contributed by atoms with Gasteiger partial charge in [0.25, 0.3) is 5.91 Å². The lowest BCUT2D eigenvalue weighted by Gasteiger charge is -1.98. The van der Waals surface area contributed by atoms with Crippen molar-refractivity contribution in [2.45, 2.75) is 26.3 Å². The predicted octanol–water partition coefficient (Wildman–Crippen LogP) is 1.61. The summed E-state index contributed by atoms with van der Waals surface area (Å²) in [6, 6.07) is 1.61. The molecule has 0 fully saturated rings. The summed E-state index contributed by atoms with van der Waals surface area (Å²) in [5, 5.41) is 7.19. The molecule has 5 nitrogen and oxygen atoms in total. The first-order valence-electron chi connectivity index (χ1n) is 5.34. The SMILES string of the molecule is CC(C)c1nc(Cn2ccc(C(N)=O)n2)cs1. The van der Waals surface area contributed by atoms with Gasteiger partial charge >= 0.3 is 0 Å². The van der Waals surface area contributed by atoms with E-state index < -0.39 is 5.91 Å². The number of amides is 1. The van der Waals surface area contributed by atoms with E-state index in [2.05, 4.69) is 23.9 Å². The zero-order chi connectivity index (χ0) is 12.4.